The molecule has 1 atom stereocenters. The van der Waals surface area contributed by atoms with E-state index in [1.807, 2.05) is 24.3 Å². The molecular formula is C17H17FN2O. The number of hydrogen-bond donors (Lipinski definition) is 1. The second-order valence-corrected chi connectivity index (χ2v) is 5.24. The fraction of sp³-hybridized carbons (Fsp3) is 0.235. The molecule has 21 heavy (non-hydrogen) atoms. The van der Waals surface area contributed by atoms with E-state index in [1.54, 1.807) is 17.0 Å². The lowest BCUT2D eigenvalue weighted by Crippen LogP contribution is -2.32. The molecule has 0 spiro atoms. The standard InChI is InChI=1S/C17H17FN2O/c18-14-8-3-1-6-12(14)17(21)20-11-5-9-15(19)13-7-2-4-10-16(13)20/h1-4,6-8,10,15H,5,9,11,19H2. The number of amides is 1. The van der Waals surface area contributed by atoms with Crippen molar-refractivity contribution in [1.82, 2.24) is 0 Å². The van der Waals surface area contributed by atoms with Crippen molar-refractivity contribution in [2.24, 2.45) is 5.73 Å². The number of para-hydroxylation sites is 1. The van der Waals surface area contributed by atoms with Gasteiger partial charge in [0.25, 0.3) is 5.91 Å². The highest BCUT2D eigenvalue weighted by Crippen LogP contribution is 2.32. The normalized spacial score (nSPS) is 18.0. The van der Waals surface area contributed by atoms with Crippen LogP contribution in [0.3, 0.4) is 0 Å². The van der Waals surface area contributed by atoms with Crippen molar-refractivity contribution in [1.29, 1.82) is 0 Å². The van der Waals surface area contributed by atoms with Crippen LogP contribution in [-0.2, 0) is 0 Å². The minimum Gasteiger partial charge on any atom is -0.324 e. The molecule has 1 aliphatic heterocycles. The molecule has 3 nitrogen and oxygen atoms in total. The summed E-state index contributed by atoms with van der Waals surface area (Å²) >= 11 is 0. The quantitative estimate of drug-likeness (QED) is 0.873. The van der Waals surface area contributed by atoms with Crippen molar-refractivity contribution < 1.29 is 9.18 Å². The maximum absolute atomic E-state index is 13.9. The van der Waals surface area contributed by atoms with Crippen molar-refractivity contribution in [3.63, 3.8) is 0 Å². The first-order chi connectivity index (χ1) is 10.2. The summed E-state index contributed by atoms with van der Waals surface area (Å²) in [5.74, 6) is -0.803. The first-order valence-corrected chi connectivity index (χ1v) is 7.09. The Labute approximate surface area is 123 Å². The van der Waals surface area contributed by atoms with Gasteiger partial charge in [-0.25, -0.2) is 4.39 Å². The minimum absolute atomic E-state index is 0.0837. The third-order valence-corrected chi connectivity index (χ3v) is 3.87. The van der Waals surface area contributed by atoms with Gasteiger partial charge >= 0.3 is 0 Å². The van der Waals surface area contributed by atoms with Crippen LogP contribution in [0.4, 0.5) is 10.1 Å². The SMILES string of the molecule is NC1CCCN(C(=O)c2ccccc2F)c2ccccc21. The van der Waals surface area contributed by atoms with E-state index in [9.17, 15) is 9.18 Å². The van der Waals surface area contributed by atoms with Gasteiger partial charge in [0.2, 0.25) is 0 Å². The molecule has 1 heterocycles. The van der Waals surface area contributed by atoms with Crippen molar-refractivity contribution in [3.05, 3.63) is 65.5 Å². The largest absolute Gasteiger partial charge is 0.324 e. The van der Waals surface area contributed by atoms with E-state index in [-0.39, 0.29) is 17.5 Å². The van der Waals surface area contributed by atoms with Gasteiger partial charge in [-0.2, -0.15) is 0 Å². The average molecular weight is 284 g/mol. The maximum atomic E-state index is 13.9. The van der Waals surface area contributed by atoms with Gasteiger partial charge in [0.1, 0.15) is 5.82 Å². The lowest BCUT2D eigenvalue weighted by Gasteiger charge is -2.23. The molecule has 0 aromatic heterocycles. The van der Waals surface area contributed by atoms with Gasteiger partial charge < -0.3 is 10.6 Å². The van der Waals surface area contributed by atoms with E-state index in [0.29, 0.717) is 6.54 Å². The summed E-state index contributed by atoms with van der Waals surface area (Å²) in [5.41, 5.74) is 8.00. The smallest absolute Gasteiger partial charge is 0.261 e. The average Bonchev–Trinajstić information content (AvgIpc) is 2.67. The second-order valence-electron chi connectivity index (χ2n) is 5.24. The molecule has 0 fully saturated rings. The first kappa shape index (κ1) is 13.8. The second kappa shape index (κ2) is 5.66. The van der Waals surface area contributed by atoms with Gasteiger partial charge in [-0.05, 0) is 36.6 Å². The van der Waals surface area contributed by atoms with E-state index in [1.165, 1.54) is 12.1 Å². The fourth-order valence-corrected chi connectivity index (χ4v) is 2.78. The van der Waals surface area contributed by atoms with Gasteiger partial charge in [0, 0.05) is 18.3 Å². The Morgan fingerprint density at radius 2 is 1.86 bits per heavy atom. The van der Waals surface area contributed by atoms with Gasteiger partial charge in [-0.3, -0.25) is 4.79 Å². The van der Waals surface area contributed by atoms with Gasteiger partial charge in [-0.15, -0.1) is 0 Å². The van der Waals surface area contributed by atoms with E-state index in [2.05, 4.69) is 0 Å². The Bertz CT molecular complexity index is 671. The molecule has 0 saturated heterocycles. The topological polar surface area (TPSA) is 46.3 Å². The van der Waals surface area contributed by atoms with Crippen molar-refractivity contribution in [2.45, 2.75) is 18.9 Å². The Morgan fingerprint density at radius 1 is 1.14 bits per heavy atom. The number of nitrogens with two attached hydrogens (primary N) is 1. The summed E-state index contributed by atoms with van der Waals surface area (Å²) in [6.07, 6.45) is 1.62. The zero-order valence-electron chi connectivity index (χ0n) is 11.6. The van der Waals surface area contributed by atoms with Crippen LogP contribution in [0.5, 0.6) is 0 Å². The molecule has 1 aliphatic rings. The number of carbonyl (C=O) groups excluding carboxylic acids is 1. The molecule has 0 aliphatic carbocycles. The highest BCUT2D eigenvalue weighted by molar-refractivity contribution is 6.06. The van der Waals surface area contributed by atoms with Crippen LogP contribution in [0.2, 0.25) is 0 Å². The van der Waals surface area contributed by atoms with Crippen molar-refractivity contribution in [2.75, 3.05) is 11.4 Å². The Hall–Kier alpha value is -2.20. The van der Waals surface area contributed by atoms with Crippen LogP contribution in [0, 0.1) is 5.82 Å². The molecule has 108 valence electrons. The van der Waals surface area contributed by atoms with Gasteiger partial charge in [0.15, 0.2) is 0 Å². The number of anilines is 1. The van der Waals surface area contributed by atoms with Crippen LogP contribution < -0.4 is 10.6 Å². The molecule has 1 unspecified atom stereocenters. The monoisotopic (exact) mass is 284 g/mol. The summed E-state index contributed by atoms with van der Waals surface area (Å²) in [6, 6.07) is 13.6. The van der Waals surface area contributed by atoms with E-state index in [4.69, 9.17) is 5.73 Å². The van der Waals surface area contributed by atoms with Crippen molar-refractivity contribution >= 4 is 11.6 Å². The lowest BCUT2D eigenvalue weighted by atomic mass is 10.0. The number of rotatable bonds is 1. The van der Waals surface area contributed by atoms with Crippen LogP contribution in [0.15, 0.2) is 48.5 Å². The summed E-state index contributed by atoms with van der Waals surface area (Å²) < 4.78 is 13.9. The van der Waals surface area contributed by atoms with Gasteiger partial charge in [-0.1, -0.05) is 30.3 Å². The highest BCUT2D eigenvalue weighted by atomic mass is 19.1. The summed E-state index contributed by atoms with van der Waals surface area (Å²) in [4.78, 5) is 14.3. The molecule has 3 rings (SSSR count). The molecule has 2 aromatic rings. The zero-order chi connectivity index (χ0) is 14.8. The molecule has 0 bridgehead atoms. The molecule has 1 amide bonds. The van der Waals surface area contributed by atoms with Crippen LogP contribution in [-0.4, -0.2) is 12.5 Å². The molecule has 0 saturated carbocycles. The summed E-state index contributed by atoms with van der Waals surface area (Å²) in [7, 11) is 0. The third kappa shape index (κ3) is 2.54. The molecule has 2 N–H and O–H groups in total. The Balaban J connectivity index is 2.04. The predicted octanol–water partition coefficient (Wildman–Crippen LogP) is 3.27. The highest BCUT2D eigenvalue weighted by Gasteiger charge is 2.26. The maximum Gasteiger partial charge on any atom is 0.261 e. The van der Waals surface area contributed by atoms with Crippen molar-refractivity contribution in [3.8, 4) is 0 Å². The minimum atomic E-state index is -0.492. The Morgan fingerprint density at radius 3 is 2.67 bits per heavy atom. The van der Waals surface area contributed by atoms with Gasteiger partial charge in [0.05, 0.1) is 5.56 Å². The third-order valence-electron chi connectivity index (χ3n) is 3.87. The number of fused-ring (bicyclic) bond motifs is 1. The zero-order valence-corrected chi connectivity index (χ0v) is 11.6. The molecule has 0 radical (unpaired) electrons. The lowest BCUT2D eigenvalue weighted by molar-refractivity contribution is 0.0983. The Kier molecular flexibility index (Phi) is 3.71. The van der Waals surface area contributed by atoms with E-state index < -0.39 is 5.82 Å². The predicted molar refractivity (Wildman–Crippen MR) is 80.7 cm³/mol. The fourth-order valence-electron chi connectivity index (χ4n) is 2.78. The first-order valence-electron chi connectivity index (χ1n) is 7.09. The number of nitrogens with zero attached hydrogens (tertiary/aromatic N) is 1. The summed E-state index contributed by atoms with van der Waals surface area (Å²) in [6.45, 7) is 0.553. The summed E-state index contributed by atoms with van der Waals surface area (Å²) in [5, 5.41) is 0. The number of carbonyl (C=O) groups is 1. The molecule has 4 heteroatoms. The van der Waals surface area contributed by atoms with Crippen LogP contribution >= 0.6 is 0 Å². The molecular weight excluding hydrogens is 267 g/mol. The number of halogens is 1. The number of benzene rings is 2. The molecule has 2 aromatic carbocycles. The van der Waals surface area contributed by atoms with Crippen LogP contribution in [0.1, 0.15) is 34.8 Å². The number of hydrogen-bond acceptors (Lipinski definition) is 2. The van der Waals surface area contributed by atoms with Crippen LogP contribution in [0.25, 0.3) is 0 Å². The van der Waals surface area contributed by atoms with E-state index >= 15 is 0 Å². The van der Waals surface area contributed by atoms with E-state index in [0.717, 1.165) is 24.1 Å².